The quantitative estimate of drug-likeness (QED) is 0.202. The fourth-order valence-electron chi connectivity index (χ4n) is 1.85. The van der Waals surface area contributed by atoms with E-state index in [0.29, 0.717) is 9.03 Å². The Bertz CT molecular complexity index is 1010. The maximum absolute atomic E-state index is 12.2. The molecule has 0 saturated heterocycles. The zero-order chi connectivity index (χ0) is 21.4. The second kappa shape index (κ2) is 10.5. The molecule has 0 spiro atoms. The number of amides is 2. The number of hydrogen-bond acceptors (Lipinski definition) is 9. The summed E-state index contributed by atoms with van der Waals surface area (Å²) in [6, 6.07) is 5.81. The second-order valence-electron chi connectivity index (χ2n) is 4.97. The van der Waals surface area contributed by atoms with E-state index < -0.39 is 22.3 Å². The molecule has 0 aliphatic carbocycles. The SMILES string of the molecule is COc1cc(Br)nc(NC(=O)NS(=O)(=O)Oc2ccccc2C(=O)OCCI)n1. The highest BCUT2D eigenvalue weighted by Crippen LogP contribution is 2.21. The van der Waals surface area contributed by atoms with Crippen LogP contribution in [0.4, 0.5) is 10.7 Å². The summed E-state index contributed by atoms with van der Waals surface area (Å²) in [6.07, 6.45) is 0. The van der Waals surface area contributed by atoms with Gasteiger partial charge in [0.15, 0.2) is 5.75 Å². The Hall–Kier alpha value is -2.20. The van der Waals surface area contributed by atoms with Crippen LogP contribution in [-0.4, -0.2) is 48.5 Å². The van der Waals surface area contributed by atoms with E-state index in [-0.39, 0.29) is 29.7 Å². The van der Waals surface area contributed by atoms with Gasteiger partial charge in [-0.05, 0) is 28.1 Å². The van der Waals surface area contributed by atoms with E-state index in [9.17, 15) is 18.0 Å². The molecule has 2 rings (SSSR count). The summed E-state index contributed by atoms with van der Waals surface area (Å²) in [7, 11) is -3.27. The zero-order valence-corrected chi connectivity index (χ0v) is 19.3. The van der Waals surface area contributed by atoms with Crippen molar-refractivity contribution in [2.24, 2.45) is 0 Å². The number of methoxy groups -OCH3 is 1. The lowest BCUT2D eigenvalue weighted by Gasteiger charge is -2.12. The van der Waals surface area contributed by atoms with E-state index >= 15 is 0 Å². The van der Waals surface area contributed by atoms with Gasteiger partial charge in [-0.25, -0.2) is 19.3 Å². The predicted octanol–water partition coefficient (Wildman–Crippen LogP) is 2.28. The molecule has 2 amide bonds. The minimum atomic E-state index is -4.63. The van der Waals surface area contributed by atoms with Crippen LogP contribution >= 0.6 is 38.5 Å². The number of nitrogens with zero attached hydrogens (tertiary/aromatic N) is 2. The van der Waals surface area contributed by atoms with Crippen molar-refractivity contribution in [1.82, 2.24) is 14.7 Å². The number of para-hydroxylation sites is 1. The number of urea groups is 1. The molecule has 11 nitrogen and oxygen atoms in total. The van der Waals surface area contributed by atoms with Gasteiger partial charge in [0.2, 0.25) is 11.8 Å². The van der Waals surface area contributed by atoms with E-state index in [0.717, 1.165) is 0 Å². The smallest absolute Gasteiger partial charge is 0.411 e. The minimum Gasteiger partial charge on any atom is -0.481 e. The van der Waals surface area contributed by atoms with Gasteiger partial charge < -0.3 is 13.7 Å². The molecule has 0 atom stereocenters. The van der Waals surface area contributed by atoms with Gasteiger partial charge in [0.25, 0.3) is 0 Å². The molecule has 29 heavy (non-hydrogen) atoms. The average molecular weight is 601 g/mol. The number of ether oxygens (including phenoxy) is 2. The number of nitrogens with one attached hydrogen (secondary N) is 2. The Morgan fingerprint density at radius 3 is 2.66 bits per heavy atom. The molecule has 1 aromatic carbocycles. The molecule has 0 aliphatic heterocycles. The first-order valence-electron chi connectivity index (χ1n) is 7.68. The monoisotopic (exact) mass is 600 g/mol. The third-order valence-electron chi connectivity index (χ3n) is 2.94. The molecule has 0 unspecified atom stereocenters. The van der Waals surface area contributed by atoms with Crippen molar-refractivity contribution in [3.63, 3.8) is 0 Å². The topological polar surface area (TPSA) is 146 Å². The van der Waals surface area contributed by atoms with Crippen LogP contribution in [0, 0.1) is 0 Å². The summed E-state index contributed by atoms with van der Waals surface area (Å²) >= 11 is 5.12. The number of anilines is 1. The molecule has 1 aromatic heterocycles. The number of alkyl halides is 1. The average Bonchev–Trinajstić information content (AvgIpc) is 2.65. The first-order chi connectivity index (χ1) is 13.7. The fourth-order valence-corrected chi connectivity index (χ4v) is 3.14. The largest absolute Gasteiger partial charge is 0.481 e. The van der Waals surface area contributed by atoms with E-state index in [1.165, 1.54) is 37.4 Å². The Balaban J connectivity index is 2.10. The third kappa shape index (κ3) is 7.28. The van der Waals surface area contributed by atoms with Crippen LogP contribution in [0.3, 0.4) is 0 Å². The fraction of sp³-hybridized carbons (Fsp3) is 0.200. The molecule has 0 bridgehead atoms. The van der Waals surface area contributed by atoms with Crippen molar-refractivity contribution < 1.29 is 31.7 Å². The Labute approximate surface area is 188 Å². The summed E-state index contributed by atoms with van der Waals surface area (Å²) in [5.41, 5.74) is -0.108. The van der Waals surface area contributed by atoms with E-state index in [4.69, 9.17) is 13.7 Å². The maximum Gasteiger partial charge on any atom is 0.411 e. The first-order valence-corrected chi connectivity index (χ1v) is 11.4. The van der Waals surface area contributed by atoms with Crippen molar-refractivity contribution in [3.8, 4) is 11.6 Å². The van der Waals surface area contributed by atoms with Gasteiger partial charge in [0, 0.05) is 10.5 Å². The molecule has 2 aromatic rings. The number of carbonyl (C=O) groups excluding carboxylic acids is 2. The number of aromatic nitrogens is 2. The van der Waals surface area contributed by atoms with Crippen LogP contribution in [0.5, 0.6) is 11.6 Å². The van der Waals surface area contributed by atoms with Crippen LogP contribution in [0.1, 0.15) is 10.4 Å². The van der Waals surface area contributed by atoms with Crippen molar-refractivity contribution in [2.45, 2.75) is 0 Å². The van der Waals surface area contributed by atoms with Gasteiger partial charge in [0.05, 0.1) is 7.11 Å². The standard InChI is InChI=1S/C15H14BrIN4O7S/c1-26-12-8-11(16)18-14(19-12)20-15(23)21-29(24,25)28-10-5-3-2-4-9(10)13(22)27-7-6-17/h2-5,8H,6-7H2,1H3,(H2,18,19,20,21,23). The number of benzene rings is 1. The first kappa shape index (κ1) is 23.1. The molecule has 156 valence electrons. The number of rotatable bonds is 8. The van der Waals surface area contributed by atoms with Crippen molar-refractivity contribution in [1.29, 1.82) is 0 Å². The number of esters is 1. The van der Waals surface area contributed by atoms with Crippen LogP contribution in [0.15, 0.2) is 34.9 Å². The Kier molecular flexibility index (Phi) is 8.39. The molecular weight excluding hydrogens is 587 g/mol. The van der Waals surface area contributed by atoms with Crippen molar-refractivity contribution in [2.75, 3.05) is 23.5 Å². The third-order valence-corrected chi connectivity index (χ3v) is 4.62. The van der Waals surface area contributed by atoms with E-state index in [1.807, 2.05) is 22.6 Å². The van der Waals surface area contributed by atoms with Crippen molar-refractivity contribution >= 4 is 66.8 Å². The molecule has 14 heteroatoms. The highest BCUT2D eigenvalue weighted by Gasteiger charge is 2.22. The lowest BCUT2D eigenvalue weighted by Crippen LogP contribution is -2.37. The molecule has 1 heterocycles. The molecule has 0 saturated carbocycles. The van der Waals surface area contributed by atoms with E-state index in [1.54, 1.807) is 4.72 Å². The summed E-state index contributed by atoms with van der Waals surface area (Å²) in [5, 5.41) is 2.13. The van der Waals surface area contributed by atoms with Crippen LogP contribution < -0.4 is 19.0 Å². The van der Waals surface area contributed by atoms with Gasteiger partial charge >= 0.3 is 22.3 Å². The second-order valence-corrected chi connectivity index (χ2v) is 8.14. The molecular formula is C15H14BrIN4O7S. The lowest BCUT2D eigenvalue weighted by atomic mass is 10.2. The summed E-state index contributed by atoms with van der Waals surface area (Å²) in [5.74, 6) is -1.13. The zero-order valence-electron chi connectivity index (χ0n) is 14.7. The molecule has 2 N–H and O–H groups in total. The summed E-state index contributed by atoms with van der Waals surface area (Å²) in [4.78, 5) is 31.7. The minimum absolute atomic E-state index is 0.108. The number of carbonyl (C=O) groups is 2. The molecule has 0 radical (unpaired) electrons. The Morgan fingerprint density at radius 2 is 1.97 bits per heavy atom. The summed E-state index contributed by atoms with van der Waals surface area (Å²) in [6.45, 7) is 0.150. The van der Waals surface area contributed by atoms with Crippen molar-refractivity contribution in [3.05, 3.63) is 40.5 Å². The molecule has 0 fully saturated rings. The maximum atomic E-state index is 12.2. The van der Waals surface area contributed by atoms with Gasteiger partial charge in [-0.3, -0.25) is 5.32 Å². The molecule has 0 aliphatic rings. The van der Waals surface area contributed by atoms with Crippen LogP contribution in [0.2, 0.25) is 0 Å². The van der Waals surface area contributed by atoms with Gasteiger partial charge in [0.1, 0.15) is 16.8 Å². The number of halogens is 2. The highest BCUT2D eigenvalue weighted by molar-refractivity contribution is 14.1. The van der Waals surface area contributed by atoms with Gasteiger partial charge in [-0.15, -0.1) is 0 Å². The van der Waals surface area contributed by atoms with Gasteiger partial charge in [-0.1, -0.05) is 34.7 Å². The normalized spacial score (nSPS) is 10.7. The Morgan fingerprint density at radius 1 is 1.24 bits per heavy atom. The van der Waals surface area contributed by atoms with Crippen LogP contribution in [-0.2, 0) is 15.0 Å². The van der Waals surface area contributed by atoms with E-state index in [2.05, 4.69) is 31.2 Å². The highest BCUT2D eigenvalue weighted by atomic mass is 127. The summed E-state index contributed by atoms with van der Waals surface area (Å²) < 4.78 is 41.5. The predicted molar refractivity (Wildman–Crippen MR) is 114 cm³/mol. The lowest BCUT2D eigenvalue weighted by molar-refractivity contribution is 0.0531. The van der Waals surface area contributed by atoms with Crippen LogP contribution in [0.25, 0.3) is 0 Å². The van der Waals surface area contributed by atoms with Gasteiger partial charge in [-0.2, -0.15) is 13.4 Å². The number of hydrogen-bond donors (Lipinski definition) is 2.